The number of carbonyl (C=O) groups excluding carboxylic acids is 2. The summed E-state index contributed by atoms with van der Waals surface area (Å²) in [6.45, 7) is 3.08. The quantitative estimate of drug-likeness (QED) is 0.746. The normalized spacial score (nSPS) is 20.0. The van der Waals surface area contributed by atoms with Crippen LogP contribution in [0.2, 0.25) is 0 Å². The van der Waals surface area contributed by atoms with Gasteiger partial charge in [0, 0.05) is 57.1 Å². The van der Waals surface area contributed by atoms with Gasteiger partial charge >= 0.3 is 0 Å². The maximum atomic E-state index is 13.2. The van der Waals surface area contributed by atoms with Crippen molar-refractivity contribution in [3.05, 3.63) is 66.0 Å². The van der Waals surface area contributed by atoms with E-state index in [4.69, 9.17) is 4.74 Å². The second-order valence-corrected chi connectivity index (χ2v) is 8.68. The topological polar surface area (TPSA) is 71.5 Å². The molecule has 1 unspecified atom stereocenters. The van der Waals surface area contributed by atoms with E-state index in [1.807, 2.05) is 35.2 Å². The van der Waals surface area contributed by atoms with E-state index in [-0.39, 0.29) is 23.1 Å². The number of amides is 2. The number of ether oxygens (including phenoxy) is 1. The van der Waals surface area contributed by atoms with Gasteiger partial charge in [-0.2, -0.15) is 0 Å². The molecule has 2 fully saturated rings. The Bertz CT molecular complexity index is 866. The lowest BCUT2D eigenvalue weighted by molar-refractivity contribution is -0.130. The zero-order valence-electron chi connectivity index (χ0n) is 18.0. The number of aryl methyl sites for hydroxylation is 1. The molecule has 2 aromatic rings. The van der Waals surface area contributed by atoms with Gasteiger partial charge in [0.05, 0.1) is 5.92 Å². The van der Waals surface area contributed by atoms with Crippen LogP contribution in [0.5, 0.6) is 0 Å². The lowest BCUT2D eigenvalue weighted by Crippen LogP contribution is -2.44. The molecular weight excluding hydrogens is 390 g/mol. The van der Waals surface area contributed by atoms with Crippen LogP contribution < -0.4 is 5.32 Å². The van der Waals surface area contributed by atoms with Crippen molar-refractivity contribution in [1.82, 2.24) is 15.2 Å². The Morgan fingerprint density at radius 1 is 1.03 bits per heavy atom. The molecule has 2 aliphatic heterocycles. The van der Waals surface area contributed by atoms with Crippen LogP contribution >= 0.6 is 0 Å². The number of carbonyl (C=O) groups is 2. The second kappa shape index (κ2) is 10.1. The lowest BCUT2D eigenvalue weighted by Gasteiger charge is -2.37. The zero-order valence-corrected chi connectivity index (χ0v) is 18.0. The van der Waals surface area contributed by atoms with Crippen molar-refractivity contribution in [3.8, 4) is 0 Å². The second-order valence-electron chi connectivity index (χ2n) is 8.68. The van der Waals surface area contributed by atoms with Crippen LogP contribution in [0.4, 0.5) is 0 Å². The van der Waals surface area contributed by atoms with E-state index in [2.05, 4.69) is 22.4 Å². The Kier molecular flexibility index (Phi) is 6.97. The molecule has 1 spiro atoms. The first-order valence-corrected chi connectivity index (χ1v) is 11.2. The predicted molar refractivity (Wildman–Crippen MR) is 118 cm³/mol. The van der Waals surface area contributed by atoms with Crippen molar-refractivity contribution in [3.63, 3.8) is 0 Å². The number of rotatable bonds is 7. The summed E-state index contributed by atoms with van der Waals surface area (Å²) in [5.74, 6) is 0.0330. The molecule has 31 heavy (non-hydrogen) atoms. The molecule has 6 nitrogen and oxygen atoms in total. The van der Waals surface area contributed by atoms with E-state index in [0.29, 0.717) is 39.3 Å². The van der Waals surface area contributed by atoms with E-state index in [1.54, 1.807) is 12.4 Å². The van der Waals surface area contributed by atoms with Crippen molar-refractivity contribution >= 4 is 11.8 Å². The third-order valence-corrected chi connectivity index (χ3v) is 6.74. The smallest absolute Gasteiger partial charge is 0.225 e. The van der Waals surface area contributed by atoms with Crippen LogP contribution in [0.1, 0.15) is 30.4 Å². The van der Waals surface area contributed by atoms with Gasteiger partial charge in [0.1, 0.15) is 0 Å². The highest BCUT2D eigenvalue weighted by Crippen LogP contribution is 2.44. The summed E-state index contributed by atoms with van der Waals surface area (Å²) in [6, 6.07) is 14.0. The number of nitrogens with zero attached hydrogens (tertiary/aromatic N) is 2. The molecule has 1 aromatic heterocycles. The number of likely N-dealkylation sites (tertiary alicyclic amines) is 1. The Labute approximate surface area is 184 Å². The summed E-state index contributed by atoms with van der Waals surface area (Å²) in [7, 11) is 0. The highest BCUT2D eigenvalue weighted by Gasteiger charge is 2.51. The molecule has 1 N–H and O–H groups in total. The van der Waals surface area contributed by atoms with Gasteiger partial charge in [-0.15, -0.1) is 0 Å². The standard InChI is InChI=1S/C25H31N3O3/c29-23(7-6-20-4-2-1-3-5-20)28-18-22(25(19-28)11-16-31-17-12-25)24(30)27-15-10-21-8-13-26-14-9-21/h1-5,8-9,13-14,22H,6-7,10-12,15-19H2,(H,27,30). The third-order valence-electron chi connectivity index (χ3n) is 6.74. The number of nitrogens with one attached hydrogen (secondary N) is 1. The van der Waals surface area contributed by atoms with Crippen molar-refractivity contribution in [2.45, 2.75) is 32.1 Å². The minimum absolute atomic E-state index is 0.0642. The van der Waals surface area contributed by atoms with Crippen molar-refractivity contribution in [2.75, 3.05) is 32.8 Å². The first kappa shape index (κ1) is 21.5. The maximum Gasteiger partial charge on any atom is 0.225 e. The van der Waals surface area contributed by atoms with Gasteiger partial charge in [0.25, 0.3) is 0 Å². The molecule has 2 saturated heterocycles. The van der Waals surface area contributed by atoms with E-state index < -0.39 is 0 Å². The van der Waals surface area contributed by atoms with Crippen LogP contribution in [-0.2, 0) is 27.2 Å². The SMILES string of the molecule is O=C(NCCc1ccncc1)C1CN(C(=O)CCc2ccccc2)CC12CCOCC2. The van der Waals surface area contributed by atoms with Crippen LogP contribution in [0.15, 0.2) is 54.9 Å². The fourth-order valence-corrected chi connectivity index (χ4v) is 4.86. The summed E-state index contributed by atoms with van der Waals surface area (Å²) in [6.07, 6.45) is 7.18. The van der Waals surface area contributed by atoms with Gasteiger partial charge in [0.2, 0.25) is 11.8 Å². The monoisotopic (exact) mass is 421 g/mol. The third kappa shape index (κ3) is 5.31. The molecule has 0 saturated carbocycles. The molecule has 2 amide bonds. The van der Waals surface area contributed by atoms with E-state index in [9.17, 15) is 9.59 Å². The van der Waals surface area contributed by atoms with E-state index in [0.717, 1.165) is 31.2 Å². The number of hydrogen-bond donors (Lipinski definition) is 1. The summed E-state index contributed by atoms with van der Waals surface area (Å²) < 4.78 is 5.58. The van der Waals surface area contributed by atoms with Gasteiger partial charge in [-0.1, -0.05) is 30.3 Å². The molecule has 2 aliphatic rings. The molecule has 0 bridgehead atoms. The molecule has 0 aliphatic carbocycles. The summed E-state index contributed by atoms with van der Waals surface area (Å²) >= 11 is 0. The van der Waals surface area contributed by atoms with E-state index >= 15 is 0 Å². The summed E-state index contributed by atoms with van der Waals surface area (Å²) in [4.78, 5) is 32.1. The van der Waals surface area contributed by atoms with Gasteiger partial charge in [-0.3, -0.25) is 14.6 Å². The minimum atomic E-state index is -0.172. The van der Waals surface area contributed by atoms with Crippen LogP contribution in [0, 0.1) is 11.3 Å². The van der Waals surface area contributed by atoms with E-state index in [1.165, 1.54) is 5.56 Å². The van der Waals surface area contributed by atoms with Crippen LogP contribution in [0.25, 0.3) is 0 Å². The van der Waals surface area contributed by atoms with Crippen LogP contribution in [0.3, 0.4) is 0 Å². The number of pyridine rings is 1. The Hall–Kier alpha value is -2.73. The van der Waals surface area contributed by atoms with Crippen molar-refractivity contribution in [1.29, 1.82) is 0 Å². The minimum Gasteiger partial charge on any atom is -0.381 e. The molecule has 1 aromatic carbocycles. The van der Waals surface area contributed by atoms with Crippen molar-refractivity contribution in [2.24, 2.45) is 11.3 Å². The summed E-state index contributed by atoms with van der Waals surface area (Å²) in [5, 5.41) is 3.12. The molecule has 0 radical (unpaired) electrons. The average molecular weight is 422 g/mol. The predicted octanol–water partition coefficient (Wildman–Crippen LogP) is 2.63. The molecule has 4 rings (SSSR count). The number of aromatic nitrogens is 1. The largest absolute Gasteiger partial charge is 0.381 e. The highest BCUT2D eigenvalue weighted by atomic mass is 16.5. The first-order chi connectivity index (χ1) is 15.2. The number of benzene rings is 1. The summed E-state index contributed by atoms with van der Waals surface area (Å²) in [5.41, 5.74) is 2.16. The molecule has 3 heterocycles. The zero-order chi connectivity index (χ0) is 21.5. The van der Waals surface area contributed by atoms with Gasteiger partial charge in [0.15, 0.2) is 0 Å². The fourth-order valence-electron chi connectivity index (χ4n) is 4.86. The Morgan fingerprint density at radius 2 is 1.74 bits per heavy atom. The fraction of sp³-hybridized carbons (Fsp3) is 0.480. The van der Waals surface area contributed by atoms with Gasteiger partial charge in [-0.05, 0) is 48.9 Å². The van der Waals surface area contributed by atoms with Crippen molar-refractivity contribution < 1.29 is 14.3 Å². The Morgan fingerprint density at radius 3 is 2.48 bits per heavy atom. The molecule has 6 heteroatoms. The molecular formula is C25H31N3O3. The lowest BCUT2D eigenvalue weighted by atomic mass is 9.71. The highest BCUT2D eigenvalue weighted by molar-refractivity contribution is 5.83. The van der Waals surface area contributed by atoms with Gasteiger partial charge in [-0.25, -0.2) is 0 Å². The average Bonchev–Trinajstić information content (AvgIpc) is 3.18. The van der Waals surface area contributed by atoms with Gasteiger partial charge < -0.3 is 15.0 Å². The number of hydrogen-bond acceptors (Lipinski definition) is 4. The molecule has 1 atom stereocenters. The first-order valence-electron chi connectivity index (χ1n) is 11.2. The van der Waals surface area contributed by atoms with Crippen LogP contribution in [-0.4, -0.2) is 54.5 Å². The Balaban J connectivity index is 1.36. The maximum absolute atomic E-state index is 13.2. The molecule has 164 valence electrons.